The summed E-state index contributed by atoms with van der Waals surface area (Å²) in [7, 11) is 1.60. The van der Waals surface area contributed by atoms with Crippen LogP contribution in [0.5, 0.6) is 5.75 Å². The number of thiophene rings is 1. The molecule has 1 fully saturated rings. The third kappa shape index (κ3) is 8.31. The number of carbonyl (C=O) groups is 2. The fourth-order valence-corrected chi connectivity index (χ4v) is 4.83. The standard InChI is InChI=1S/C28H34N4O4S/c1-35-25-11-9-24(10-12-25)29-28(34)31(14-13-30-15-17-36-18-16-30)22-27(33)32(21-26-8-5-19-37-26)20-23-6-3-2-4-7-23/h2-12,19H,13-18,20-22H2,1H3,(H,29,34). The van der Waals surface area contributed by atoms with Gasteiger partial charge in [-0.05, 0) is 41.3 Å². The van der Waals surface area contributed by atoms with Gasteiger partial charge in [0.2, 0.25) is 5.91 Å². The highest BCUT2D eigenvalue weighted by molar-refractivity contribution is 7.09. The molecule has 4 rings (SSSR count). The van der Waals surface area contributed by atoms with Crippen LogP contribution >= 0.6 is 11.3 Å². The molecule has 0 unspecified atom stereocenters. The van der Waals surface area contributed by atoms with E-state index in [1.165, 1.54) is 0 Å². The van der Waals surface area contributed by atoms with Crippen LogP contribution in [-0.4, -0.2) is 79.7 Å². The average Bonchev–Trinajstić information content (AvgIpc) is 3.45. The van der Waals surface area contributed by atoms with Crippen molar-refractivity contribution in [3.8, 4) is 5.75 Å². The van der Waals surface area contributed by atoms with Crippen LogP contribution < -0.4 is 10.1 Å². The second-order valence-electron chi connectivity index (χ2n) is 8.85. The van der Waals surface area contributed by atoms with Gasteiger partial charge in [0, 0.05) is 43.3 Å². The molecule has 1 aliphatic rings. The van der Waals surface area contributed by atoms with Crippen molar-refractivity contribution in [2.24, 2.45) is 0 Å². The second-order valence-corrected chi connectivity index (χ2v) is 9.88. The first-order chi connectivity index (χ1) is 18.1. The number of nitrogens with one attached hydrogen (secondary N) is 1. The molecule has 1 N–H and O–H groups in total. The second kappa shape index (κ2) is 13.8. The molecular formula is C28H34N4O4S. The summed E-state index contributed by atoms with van der Waals surface area (Å²) in [5.74, 6) is 0.617. The number of anilines is 1. The van der Waals surface area contributed by atoms with Gasteiger partial charge < -0.3 is 24.6 Å². The highest BCUT2D eigenvalue weighted by Crippen LogP contribution is 2.17. The Balaban J connectivity index is 1.47. The van der Waals surface area contributed by atoms with Crippen LogP contribution in [0.3, 0.4) is 0 Å². The van der Waals surface area contributed by atoms with E-state index in [1.54, 1.807) is 47.6 Å². The Morgan fingerprint density at radius 2 is 1.73 bits per heavy atom. The van der Waals surface area contributed by atoms with Crippen LogP contribution in [0.15, 0.2) is 72.1 Å². The van der Waals surface area contributed by atoms with Crippen LogP contribution in [0.25, 0.3) is 0 Å². The summed E-state index contributed by atoms with van der Waals surface area (Å²) in [6, 6.07) is 20.8. The van der Waals surface area contributed by atoms with Gasteiger partial charge in [-0.2, -0.15) is 0 Å². The van der Waals surface area contributed by atoms with Crippen LogP contribution in [0.2, 0.25) is 0 Å². The van der Waals surface area contributed by atoms with Gasteiger partial charge in [-0.1, -0.05) is 36.4 Å². The largest absolute Gasteiger partial charge is 0.497 e. The summed E-state index contributed by atoms with van der Waals surface area (Å²) in [4.78, 5) is 33.8. The number of hydrogen-bond donors (Lipinski definition) is 1. The molecule has 2 heterocycles. The number of amides is 3. The lowest BCUT2D eigenvalue weighted by Gasteiger charge is -2.31. The van der Waals surface area contributed by atoms with Gasteiger partial charge in [0.05, 0.1) is 26.9 Å². The topological polar surface area (TPSA) is 74.4 Å². The van der Waals surface area contributed by atoms with E-state index >= 15 is 0 Å². The summed E-state index contributed by atoms with van der Waals surface area (Å²) in [6.45, 7) is 5.09. The smallest absolute Gasteiger partial charge is 0.322 e. The Hall–Kier alpha value is -3.40. The van der Waals surface area contributed by atoms with Gasteiger partial charge in [-0.3, -0.25) is 9.69 Å². The first-order valence-corrected chi connectivity index (χ1v) is 13.3. The van der Waals surface area contributed by atoms with E-state index < -0.39 is 0 Å². The Labute approximate surface area is 222 Å². The van der Waals surface area contributed by atoms with Crippen molar-refractivity contribution in [1.29, 1.82) is 0 Å². The molecule has 1 aromatic heterocycles. The zero-order valence-corrected chi connectivity index (χ0v) is 22.0. The first-order valence-electron chi connectivity index (χ1n) is 12.4. The SMILES string of the molecule is COc1ccc(NC(=O)N(CCN2CCOCC2)CC(=O)N(Cc2ccccc2)Cc2cccs2)cc1. The number of carbonyl (C=O) groups excluding carboxylic acids is 2. The third-order valence-corrected chi connectivity index (χ3v) is 7.10. The molecule has 0 spiro atoms. The van der Waals surface area contributed by atoms with E-state index in [0.717, 1.165) is 23.5 Å². The van der Waals surface area contributed by atoms with E-state index in [0.29, 0.717) is 50.8 Å². The van der Waals surface area contributed by atoms with Gasteiger partial charge in [0.15, 0.2) is 0 Å². The summed E-state index contributed by atoms with van der Waals surface area (Å²) in [5.41, 5.74) is 1.70. The molecule has 0 aliphatic carbocycles. The van der Waals surface area contributed by atoms with Gasteiger partial charge in [-0.15, -0.1) is 11.3 Å². The van der Waals surface area contributed by atoms with Crippen LogP contribution in [0, 0.1) is 0 Å². The van der Waals surface area contributed by atoms with E-state index in [-0.39, 0.29) is 18.5 Å². The molecule has 196 valence electrons. The predicted octanol–water partition coefficient (Wildman–Crippen LogP) is 4.15. The Morgan fingerprint density at radius 1 is 0.973 bits per heavy atom. The monoisotopic (exact) mass is 522 g/mol. The fourth-order valence-electron chi connectivity index (χ4n) is 4.11. The molecular weight excluding hydrogens is 488 g/mol. The Morgan fingerprint density at radius 3 is 2.41 bits per heavy atom. The fraction of sp³-hybridized carbons (Fsp3) is 0.357. The predicted molar refractivity (Wildman–Crippen MR) is 146 cm³/mol. The number of hydrogen-bond acceptors (Lipinski definition) is 6. The van der Waals surface area contributed by atoms with Crippen molar-refractivity contribution in [2.45, 2.75) is 13.1 Å². The zero-order chi connectivity index (χ0) is 25.9. The van der Waals surface area contributed by atoms with Crippen LogP contribution in [-0.2, 0) is 22.6 Å². The highest BCUT2D eigenvalue weighted by atomic mass is 32.1. The molecule has 3 amide bonds. The van der Waals surface area contributed by atoms with Crippen molar-refractivity contribution in [2.75, 3.05) is 58.4 Å². The van der Waals surface area contributed by atoms with E-state index in [2.05, 4.69) is 10.2 Å². The zero-order valence-electron chi connectivity index (χ0n) is 21.2. The Kier molecular flexibility index (Phi) is 9.93. The van der Waals surface area contributed by atoms with Crippen molar-refractivity contribution < 1.29 is 19.1 Å². The number of ether oxygens (including phenoxy) is 2. The van der Waals surface area contributed by atoms with E-state index in [9.17, 15) is 9.59 Å². The molecule has 0 radical (unpaired) electrons. The summed E-state index contributed by atoms with van der Waals surface area (Å²) in [5, 5.41) is 4.95. The normalized spacial score (nSPS) is 13.6. The van der Waals surface area contributed by atoms with Crippen LogP contribution in [0.1, 0.15) is 10.4 Å². The minimum absolute atomic E-state index is 0.00939. The molecule has 1 aliphatic heterocycles. The van der Waals surface area contributed by atoms with Crippen molar-refractivity contribution in [3.05, 3.63) is 82.6 Å². The number of methoxy groups -OCH3 is 1. The highest BCUT2D eigenvalue weighted by Gasteiger charge is 2.23. The number of benzene rings is 2. The molecule has 0 bridgehead atoms. The summed E-state index contributed by atoms with van der Waals surface area (Å²) >= 11 is 1.62. The lowest BCUT2D eigenvalue weighted by atomic mass is 10.2. The number of morpholine rings is 1. The molecule has 9 heteroatoms. The van der Waals surface area contributed by atoms with Gasteiger partial charge in [0.25, 0.3) is 0 Å². The molecule has 8 nitrogen and oxygen atoms in total. The van der Waals surface area contributed by atoms with Crippen molar-refractivity contribution in [3.63, 3.8) is 0 Å². The Bertz CT molecular complexity index is 1100. The number of nitrogens with zero attached hydrogens (tertiary/aromatic N) is 3. The minimum atomic E-state index is -0.303. The number of urea groups is 1. The maximum Gasteiger partial charge on any atom is 0.322 e. The molecule has 37 heavy (non-hydrogen) atoms. The third-order valence-electron chi connectivity index (χ3n) is 6.24. The van der Waals surface area contributed by atoms with E-state index in [1.807, 2.05) is 52.7 Å². The molecule has 0 saturated carbocycles. The van der Waals surface area contributed by atoms with Gasteiger partial charge in [-0.25, -0.2) is 4.79 Å². The quantitative estimate of drug-likeness (QED) is 0.410. The van der Waals surface area contributed by atoms with Crippen molar-refractivity contribution >= 4 is 29.0 Å². The lowest BCUT2D eigenvalue weighted by molar-refractivity contribution is -0.133. The van der Waals surface area contributed by atoms with E-state index in [4.69, 9.17) is 9.47 Å². The maximum atomic E-state index is 13.6. The molecule has 0 atom stereocenters. The minimum Gasteiger partial charge on any atom is -0.497 e. The molecule has 3 aromatic rings. The lowest BCUT2D eigenvalue weighted by Crippen LogP contribution is -2.48. The first kappa shape index (κ1) is 26.7. The summed E-state index contributed by atoms with van der Waals surface area (Å²) < 4.78 is 10.7. The maximum absolute atomic E-state index is 13.6. The average molecular weight is 523 g/mol. The van der Waals surface area contributed by atoms with Gasteiger partial charge >= 0.3 is 6.03 Å². The summed E-state index contributed by atoms with van der Waals surface area (Å²) in [6.07, 6.45) is 0. The molecule has 2 aromatic carbocycles. The molecule has 1 saturated heterocycles. The number of rotatable bonds is 11. The van der Waals surface area contributed by atoms with Gasteiger partial charge in [0.1, 0.15) is 12.3 Å². The van der Waals surface area contributed by atoms with Crippen LogP contribution in [0.4, 0.5) is 10.5 Å². The van der Waals surface area contributed by atoms with Crippen molar-refractivity contribution in [1.82, 2.24) is 14.7 Å².